The highest BCUT2D eigenvalue weighted by molar-refractivity contribution is 6.33. The minimum Gasteiger partial charge on any atom is -0.348 e. The molecule has 0 unspecified atom stereocenters. The SMILES string of the molecule is O=C(NCc1cccnc1)c1cccc(C(=O)Nc2ccccc2Cl)c1. The maximum Gasteiger partial charge on any atom is 0.255 e. The third kappa shape index (κ3) is 4.46. The van der Waals surface area contributed by atoms with Gasteiger partial charge in [-0.05, 0) is 42.0 Å². The molecule has 2 N–H and O–H groups in total. The van der Waals surface area contributed by atoms with E-state index in [-0.39, 0.29) is 11.8 Å². The van der Waals surface area contributed by atoms with Crippen molar-refractivity contribution in [3.63, 3.8) is 0 Å². The van der Waals surface area contributed by atoms with E-state index in [2.05, 4.69) is 15.6 Å². The van der Waals surface area contributed by atoms with Crippen molar-refractivity contribution in [2.24, 2.45) is 0 Å². The lowest BCUT2D eigenvalue weighted by Gasteiger charge is -2.09. The molecule has 1 aromatic heterocycles. The lowest BCUT2D eigenvalue weighted by atomic mass is 10.1. The second kappa shape index (κ2) is 8.27. The van der Waals surface area contributed by atoms with Gasteiger partial charge in [0.1, 0.15) is 0 Å². The molecule has 130 valence electrons. The predicted octanol–water partition coefficient (Wildman–Crippen LogP) is 3.92. The highest BCUT2D eigenvalue weighted by atomic mass is 35.5. The topological polar surface area (TPSA) is 71.1 Å². The van der Waals surface area contributed by atoms with Crippen molar-refractivity contribution in [1.82, 2.24) is 10.3 Å². The molecular weight excluding hydrogens is 350 g/mol. The van der Waals surface area contributed by atoms with E-state index in [1.165, 1.54) is 0 Å². The lowest BCUT2D eigenvalue weighted by molar-refractivity contribution is 0.0951. The molecule has 0 aliphatic heterocycles. The maximum atomic E-state index is 12.4. The Kier molecular flexibility index (Phi) is 5.61. The largest absolute Gasteiger partial charge is 0.348 e. The Morgan fingerprint density at radius 2 is 1.69 bits per heavy atom. The van der Waals surface area contributed by atoms with Gasteiger partial charge in [-0.1, -0.05) is 35.9 Å². The molecule has 0 fully saturated rings. The van der Waals surface area contributed by atoms with Gasteiger partial charge in [0.25, 0.3) is 11.8 Å². The van der Waals surface area contributed by atoms with E-state index in [0.29, 0.717) is 28.4 Å². The average molecular weight is 366 g/mol. The normalized spacial score (nSPS) is 10.2. The Hall–Kier alpha value is -3.18. The number of hydrogen-bond donors (Lipinski definition) is 2. The van der Waals surface area contributed by atoms with Crippen LogP contribution in [-0.4, -0.2) is 16.8 Å². The number of benzene rings is 2. The zero-order valence-electron chi connectivity index (χ0n) is 13.8. The standard InChI is InChI=1S/C20H16ClN3O2/c21-17-8-1-2-9-18(17)24-20(26)16-7-3-6-15(11-16)19(25)23-13-14-5-4-10-22-12-14/h1-12H,13H2,(H,23,25)(H,24,26). The van der Waals surface area contributed by atoms with Gasteiger partial charge < -0.3 is 10.6 Å². The van der Waals surface area contributed by atoms with Crippen molar-refractivity contribution in [3.8, 4) is 0 Å². The van der Waals surface area contributed by atoms with Crippen LogP contribution in [0.25, 0.3) is 0 Å². The molecule has 0 bridgehead atoms. The number of para-hydroxylation sites is 1. The van der Waals surface area contributed by atoms with Crippen LogP contribution in [0, 0.1) is 0 Å². The molecule has 2 aromatic carbocycles. The number of pyridine rings is 1. The van der Waals surface area contributed by atoms with E-state index in [4.69, 9.17) is 11.6 Å². The summed E-state index contributed by atoms with van der Waals surface area (Å²) in [4.78, 5) is 28.7. The molecule has 0 spiro atoms. The molecule has 0 aliphatic rings. The van der Waals surface area contributed by atoms with Crippen LogP contribution in [-0.2, 0) is 6.54 Å². The van der Waals surface area contributed by atoms with Crippen molar-refractivity contribution in [2.45, 2.75) is 6.54 Å². The molecule has 2 amide bonds. The van der Waals surface area contributed by atoms with Gasteiger partial charge in [-0.2, -0.15) is 0 Å². The number of amides is 2. The van der Waals surface area contributed by atoms with Gasteiger partial charge in [0, 0.05) is 30.1 Å². The van der Waals surface area contributed by atoms with E-state index in [1.54, 1.807) is 67.0 Å². The molecule has 0 aliphatic carbocycles. The Morgan fingerprint density at radius 3 is 2.42 bits per heavy atom. The van der Waals surface area contributed by atoms with Gasteiger partial charge in [-0.3, -0.25) is 14.6 Å². The van der Waals surface area contributed by atoms with E-state index < -0.39 is 0 Å². The molecule has 1 heterocycles. The number of aromatic nitrogens is 1. The first kappa shape index (κ1) is 17.6. The molecular formula is C20H16ClN3O2. The monoisotopic (exact) mass is 365 g/mol. The van der Waals surface area contributed by atoms with Crippen LogP contribution in [0.4, 0.5) is 5.69 Å². The van der Waals surface area contributed by atoms with Crippen LogP contribution >= 0.6 is 11.6 Å². The number of rotatable bonds is 5. The summed E-state index contributed by atoms with van der Waals surface area (Å²) < 4.78 is 0. The average Bonchev–Trinajstić information content (AvgIpc) is 2.69. The third-order valence-electron chi connectivity index (χ3n) is 3.68. The quantitative estimate of drug-likeness (QED) is 0.720. The molecule has 26 heavy (non-hydrogen) atoms. The fraction of sp³-hybridized carbons (Fsp3) is 0.0500. The first-order valence-corrected chi connectivity index (χ1v) is 8.34. The summed E-state index contributed by atoms with van der Waals surface area (Å²) in [6.07, 6.45) is 3.36. The fourth-order valence-electron chi connectivity index (χ4n) is 2.35. The number of carbonyl (C=O) groups excluding carboxylic acids is 2. The number of halogens is 1. The number of nitrogens with one attached hydrogen (secondary N) is 2. The van der Waals surface area contributed by atoms with Crippen LogP contribution in [0.3, 0.4) is 0 Å². The molecule has 3 aromatic rings. The van der Waals surface area contributed by atoms with Crippen molar-refractivity contribution in [1.29, 1.82) is 0 Å². The Labute approximate surface area is 156 Å². The van der Waals surface area contributed by atoms with Crippen LogP contribution in [0.2, 0.25) is 5.02 Å². The maximum absolute atomic E-state index is 12.4. The summed E-state index contributed by atoms with van der Waals surface area (Å²) in [6, 6.07) is 17.2. The highest BCUT2D eigenvalue weighted by Crippen LogP contribution is 2.21. The van der Waals surface area contributed by atoms with Gasteiger partial charge in [0.2, 0.25) is 0 Å². The third-order valence-corrected chi connectivity index (χ3v) is 4.01. The van der Waals surface area contributed by atoms with Gasteiger partial charge >= 0.3 is 0 Å². The fourth-order valence-corrected chi connectivity index (χ4v) is 2.53. The summed E-state index contributed by atoms with van der Waals surface area (Å²) in [5, 5.41) is 6.00. The molecule has 3 rings (SSSR count). The van der Waals surface area contributed by atoms with E-state index in [0.717, 1.165) is 5.56 Å². The van der Waals surface area contributed by atoms with Crippen LogP contribution < -0.4 is 10.6 Å². The van der Waals surface area contributed by atoms with E-state index in [9.17, 15) is 9.59 Å². The zero-order chi connectivity index (χ0) is 18.4. The highest BCUT2D eigenvalue weighted by Gasteiger charge is 2.12. The minimum absolute atomic E-state index is 0.263. The molecule has 0 radical (unpaired) electrons. The van der Waals surface area contributed by atoms with Crippen molar-refractivity contribution < 1.29 is 9.59 Å². The first-order valence-electron chi connectivity index (χ1n) is 7.96. The van der Waals surface area contributed by atoms with Gasteiger partial charge in [0.05, 0.1) is 10.7 Å². The van der Waals surface area contributed by atoms with Crippen LogP contribution in [0.1, 0.15) is 26.3 Å². The Balaban J connectivity index is 1.68. The van der Waals surface area contributed by atoms with Crippen molar-refractivity contribution in [2.75, 3.05) is 5.32 Å². The summed E-state index contributed by atoms with van der Waals surface area (Å²) in [5.74, 6) is -0.596. The van der Waals surface area contributed by atoms with Crippen LogP contribution in [0.15, 0.2) is 73.1 Å². The Morgan fingerprint density at radius 1 is 0.923 bits per heavy atom. The molecule has 0 saturated heterocycles. The molecule has 5 nitrogen and oxygen atoms in total. The molecule has 6 heteroatoms. The molecule has 0 atom stereocenters. The summed E-state index contributed by atoms with van der Waals surface area (Å²) in [5.41, 5.74) is 2.19. The van der Waals surface area contributed by atoms with Crippen molar-refractivity contribution in [3.05, 3.63) is 94.8 Å². The minimum atomic E-state index is -0.333. The van der Waals surface area contributed by atoms with Crippen LogP contribution in [0.5, 0.6) is 0 Å². The van der Waals surface area contributed by atoms with Gasteiger partial charge in [-0.25, -0.2) is 0 Å². The second-order valence-electron chi connectivity index (χ2n) is 5.56. The molecule has 0 saturated carbocycles. The van der Waals surface area contributed by atoms with E-state index in [1.807, 2.05) is 6.07 Å². The zero-order valence-corrected chi connectivity index (χ0v) is 14.5. The predicted molar refractivity (Wildman–Crippen MR) is 101 cm³/mol. The number of carbonyl (C=O) groups is 2. The van der Waals surface area contributed by atoms with Gasteiger partial charge in [-0.15, -0.1) is 0 Å². The summed E-state index contributed by atoms with van der Waals surface area (Å²) in [7, 11) is 0. The first-order chi connectivity index (χ1) is 12.6. The Bertz CT molecular complexity index is 929. The smallest absolute Gasteiger partial charge is 0.255 e. The van der Waals surface area contributed by atoms with Crippen molar-refractivity contribution >= 4 is 29.1 Å². The second-order valence-corrected chi connectivity index (χ2v) is 5.97. The number of hydrogen-bond acceptors (Lipinski definition) is 3. The summed E-state index contributed by atoms with van der Waals surface area (Å²) >= 11 is 6.05. The van der Waals surface area contributed by atoms with Gasteiger partial charge in [0.15, 0.2) is 0 Å². The number of nitrogens with zero attached hydrogens (tertiary/aromatic N) is 1. The lowest BCUT2D eigenvalue weighted by Crippen LogP contribution is -2.23. The van der Waals surface area contributed by atoms with E-state index >= 15 is 0 Å². The number of anilines is 1. The summed E-state index contributed by atoms with van der Waals surface area (Å²) in [6.45, 7) is 0.364.